The molecular formula is C25H24N2O2. The van der Waals surface area contributed by atoms with Crippen LogP contribution in [0.25, 0.3) is 21.8 Å². The van der Waals surface area contributed by atoms with Crippen LogP contribution in [0.2, 0.25) is 0 Å². The second kappa shape index (κ2) is 7.70. The number of hydrogen-bond donors (Lipinski definition) is 0. The van der Waals surface area contributed by atoms with Crippen molar-refractivity contribution in [3.8, 4) is 5.75 Å². The molecule has 0 unspecified atom stereocenters. The Morgan fingerprint density at radius 1 is 0.966 bits per heavy atom. The average molecular weight is 384 g/mol. The van der Waals surface area contributed by atoms with Crippen LogP contribution < -0.4 is 4.74 Å². The quantitative estimate of drug-likeness (QED) is 0.321. The lowest BCUT2D eigenvalue weighted by atomic mass is 9.89. The number of nitrogens with zero attached hydrogens (tertiary/aromatic N) is 2. The van der Waals surface area contributed by atoms with Gasteiger partial charge in [0.05, 0.1) is 11.1 Å². The molecule has 1 aliphatic rings. The first-order chi connectivity index (χ1) is 14.3. The minimum Gasteiger partial charge on any atom is -0.422 e. The number of para-hydroxylation sites is 1. The first-order valence-electron chi connectivity index (χ1n) is 10.4. The van der Waals surface area contributed by atoms with E-state index in [4.69, 9.17) is 4.74 Å². The van der Waals surface area contributed by atoms with Crippen LogP contribution in [0.3, 0.4) is 0 Å². The van der Waals surface area contributed by atoms with Crippen molar-refractivity contribution in [3.05, 3.63) is 72.6 Å². The fourth-order valence-electron chi connectivity index (χ4n) is 4.53. The van der Waals surface area contributed by atoms with E-state index >= 15 is 0 Å². The summed E-state index contributed by atoms with van der Waals surface area (Å²) in [7, 11) is 0. The van der Waals surface area contributed by atoms with Crippen molar-refractivity contribution < 1.29 is 9.53 Å². The third kappa shape index (κ3) is 3.51. The van der Waals surface area contributed by atoms with Gasteiger partial charge in [-0.1, -0.05) is 43.5 Å². The summed E-state index contributed by atoms with van der Waals surface area (Å²) < 4.78 is 8.08. The molecule has 0 radical (unpaired) electrons. The van der Waals surface area contributed by atoms with Gasteiger partial charge in [-0.2, -0.15) is 0 Å². The molecule has 0 amide bonds. The van der Waals surface area contributed by atoms with Gasteiger partial charge in [0.2, 0.25) is 0 Å². The van der Waals surface area contributed by atoms with Gasteiger partial charge in [-0.3, -0.25) is 4.98 Å². The summed E-state index contributed by atoms with van der Waals surface area (Å²) in [6, 6.07) is 17.5. The van der Waals surface area contributed by atoms with Crippen LogP contribution in [-0.2, 0) is 6.54 Å². The number of rotatable bonds is 4. The smallest absolute Gasteiger partial charge is 0.345 e. The van der Waals surface area contributed by atoms with Crippen molar-refractivity contribution >= 4 is 27.8 Å². The lowest BCUT2D eigenvalue weighted by Gasteiger charge is -2.22. The van der Waals surface area contributed by atoms with Gasteiger partial charge in [0.1, 0.15) is 5.75 Å². The number of pyridine rings is 1. The van der Waals surface area contributed by atoms with Crippen molar-refractivity contribution in [1.29, 1.82) is 0 Å². The SMILES string of the molecule is O=C(Oc1cccc2ncccc12)c1cn(CC2CCCCC2)c2ccccc12. The highest BCUT2D eigenvalue weighted by Crippen LogP contribution is 2.30. The molecule has 29 heavy (non-hydrogen) atoms. The molecule has 0 bridgehead atoms. The molecule has 0 aliphatic heterocycles. The number of hydrogen-bond acceptors (Lipinski definition) is 3. The zero-order chi connectivity index (χ0) is 19.6. The molecule has 0 atom stereocenters. The largest absolute Gasteiger partial charge is 0.422 e. The number of fused-ring (bicyclic) bond motifs is 2. The van der Waals surface area contributed by atoms with Gasteiger partial charge in [0.15, 0.2) is 0 Å². The van der Waals surface area contributed by atoms with Gasteiger partial charge in [-0.15, -0.1) is 0 Å². The molecule has 0 N–H and O–H groups in total. The third-order valence-corrected chi connectivity index (χ3v) is 6.00. The molecule has 1 fully saturated rings. The van der Waals surface area contributed by atoms with Gasteiger partial charge in [0, 0.05) is 35.2 Å². The molecule has 1 aliphatic carbocycles. The Bertz CT molecular complexity index is 1170. The lowest BCUT2D eigenvalue weighted by Crippen LogP contribution is -2.13. The van der Waals surface area contributed by atoms with Gasteiger partial charge >= 0.3 is 5.97 Å². The Morgan fingerprint density at radius 2 is 1.79 bits per heavy atom. The molecule has 0 spiro atoms. The summed E-state index contributed by atoms with van der Waals surface area (Å²) in [5, 5.41) is 1.79. The number of aromatic nitrogens is 2. The molecule has 146 valence electrons. The van der Waals surface area contributed by atoms with Crippen molar-refractivity contribution in [2.45, 2.75) is 38.6 Å². The molecular weight excluding hydrogens is 360 g/mol. The molecule has 4 heteroatoms. The Morgan fingerprint density at radius 3 is 2.69 bits per heavy atom. The number of carbonyl (C=O) groups excluding carboxylic acids is 1. The normalized spacial score (nSPS) is 15.0. The van der Waals surface area contributed by atoms with E-state index in [0.29, 0.717) is 17.2 Å². The fraction of sp³-hybridized carbons (Fsp3) is 0.280. The van der Waals surface area contributed by atoms with E-state index in [-0.39, 0.29) is 5.97 Å². The van der Waals surface area contributed by atoms with Gasteiger partial charge < -0.3 is 9.30 Å². The first kappa shape index (κ1) is 17.9. The minimum absolute atomic E-state index is 0.319. The maximum Gasteiger partial charge on any atom is 0.345 e. The topological polar surface area (TPSA) is 44.1 Å². The van der Waals surface area contributed by atoms with E-state index in [9.17, 15) is 4.79 Å². The van der Waals surface area contributed by atoms with Gasteiger partial charge in [-0.05, 0) is 49.1 Å². The maximum atomic E-state index is 13.1. The predicted molar refractivity (Wildman–Crippen MR) is 115 cm³/mol. The second-order valence-electron chi connectivity index (χ2n) is 7.93. The maximum absolute atomic E-state index is 13.1. The molecule has 4 nitrogen and oxygen atoms in total. The van der Waals surface area contributed by atoms with Gasteiger partial charge in [-0.25, -0.2) is 4.79 Å². The number of benzene rings is 2. The van der Waals surface area contributed by atoms with Crippen LogP contribution in [0.15, 0.2) is 67.0 Å². The summed E-state index contributed by atoms with van der Waals surface area (Å²) in [5.41, 5.74) is 2.54. The second-order valence-corrected chi connectivity index (χ2v) is 7.93. The van der Waals surface area contributed by atoms with E-state index in [1.54, 1.807) is 6.20 Å². The zero-order valence-electron chi connectivity index (χ0n) is 16.4. The van der Waals surface area contributed by atoms with Crippen LogP contribution in [-0.4, -0.2) is 15.5 Å². The van der Waals surface area contributed by atoms with Crippen LogP contribution >= 0.6 is 0 Å². The highest BCUT2D eigenvalue weighted by atomic mass is 16.5. The van der Waals surface area contributed by atoms with Crippen LogP contribution in [0, 0.1) is 5.92 Å². The molecule has 0 saturated heterocycles. The third-order valence-electron chi connectivity index (χ3n) is 6.00. The van der Waals surface area contributed by atoms with Crippen LogP contribution in [0.5, 0.6) is 5.75 Å². The minimum atomic E-state index is -0.319. The highest BCUT2D eigenvalue weighted by Gasteiger charge is 2.20. The Balaban J connectivity index is 1.48. The standard InChI is InChI=1S/C25H24N2O2/c28-25(29-24-14-6-12-22-20(24)11-7-15-26-22)21-17-27(16-18-8-2-1-3-9-18)23-13-5-4-10-19(21)23/h4-7,10-15,17-18H,1-3,8-9,16H2. The Hall–Kier alpha value is -3.14. The predicted octanol–water partition coefficient (Wildman–Crippen LogP) is 5.99. The van der Waals surface area contributed by atoms with Crippen LogP contribution in [0.4, 0.5) is 0 Å². The van der Waals surface area contributed by atoms with E-state index in [1.165, 1.54) is 32.1 Å². The van der Waals surface area contributed by atoms with Crippen molar-refractivity contribution in [2.24, 2.45) is 5.92 Å². The van der Waals surface area contributed by atoms with Crippen molar-refractivity contribution in [2.75, 3.05) is 0 Å². The summed E-state index contributed by atoms with van der Waals surface area (Å²) in [4.78, 5) is 17.5. The average Bonchev–Trinajstić information content (AvgIpc) is 3.13. The number of ether oxygens (including phenoxy) is 1. The van der Waals surface area contributed by atoms with Crippen molar-refractivity contribution in [1.82, 2.24) is 9.55 Å². The monoisotopic (exact) mass is 384 g/mol. The number of carbonyl (C=O) groups is 1. The lowest BCUT2D eigenvalue weighted by molar-refractivity contribution is 0.0739. The molecule has 1 saturated carbocycles. The summed E-state index contributed by atoms with van der Waals surface area (Å²) in [6.07, 6.45) is 10.2. The highest BCUT2D eigenvalue weighted by molar-refractivity contribution is 6.06. The molecule has 2 heterocycles. The van der Waals surface area contributed by atoms with Crippen molar-refractivity contribution in [3.63, 3.8) is 0 Å². The zero-order valence-corrected chi connectivity index (χ0v) is 16.4. The van der Waals surface area contributed by atoms with Crippen LogP contribution in [0.1, 0.15) is 42.5 Å². The number of esters is 1. The van der Waals surface area contributed by atoms with Gasteiger partial charge in [0.25, 0.3) is 0 Å². The molecule has 4 aromatic rings. The summed E-state index contributed by atoms with van der Waals surface area (Å²) >= 11 is 0. The van der Waals surface area contributed by atoms with E-state index in [0.717, 1.165) is 28.4 Å². The molecule has 2 aromatic carbocycles. The Labute approximate surface area is 170 Å². The molecule has 5 rings (SSSR count). The van der Waals surface area contributed by atoms with E-state index in [1.807, 2.05) is 54.7 Å². The Kier molecular flexibility index (Phi) is 4.76. The fourth-order valence-corrected chi connectivity index (χ4v) is 4.53. The van der Waals surface area contributed by atoms with E-state index in [2.05, 4.69) is 15.6 Å². The first-order valence-corrected chi connectivity index (χ1v) is 10.4. The summed E-state index contributed by atoms with van der Waals surface area (Å²) in [6.45, 7) is 0.964. The summed E-state index contributed by atoms with van der Waals surface area (Å²) in [5.74, 6) is 0.914. The molecule has 2 aromatic heterocycles. The van der Waals surface area contributed by atoms with E-state index < -0.39 is 0 Å².